The van der Waals surface area contributed by atoms with Gasteiger partial charge in [0.1, 0.15) is 0 Å². The van der Waals surface area contributed by atoms with Crippen LogP contribution in [0, 0.1) is 13.8 Å². The Morgan fingerprint density at radius 2 is 1.92 bits per heavy atom. The van der Waals surface area contributed by atoms with E-state index in [2.05, 4.69) is 27.3 Å². The summed E-state index contributed by atoms with van der Waals surface area (Å²) >= 11 is 0. The fourth-order valence-electron chi connectivity index (χ4n) is 2.59. The Labute approximate surface area is 141 Å². The molecule has 1 amide bonds. The first-order valence-electron chi connectivity index (χ1n) is 8.18. The number of amides is 1. The van der Waals surface area contributed by atoms with E-state index < -0.39 is 0 Å². The number of unbranched alkanes of at least 4 members (excludes halogenated alkanes) is 1. The highest BCUT2D eigenvalue weighted by molar-refractivity contribution is 6.01. The number of aromatic nitrogens is 4. The molecule has 0 atom stereocenters. The van der Waals surface area contributed by atoms with Crippen LogP contribution in [0.25, 0.3) is 5.78 Å². The highest BCUT2D eigenvalue weighted by Crippen LogP contribution is 2.13. The van der Waals surface area contributed by atoms with Gasteiger partial charge in [0.05, 0.1) is 0 Å². The molecule has 0 bridgehead atoms. The molecule has 0 spiro atoms. The second kappa shape index (κ2) is 6.78. The summed E-state index contributed by atoms with van der Waals surface area (Å²) < 4.78 is 1.58. The fraction of sp³-hybridized carbons (Fsp3) is 0.333. The van der Waals surface area contributed by atoms with Crippen LogP contribution in [0.4, 0.5) is 5.69 Å². The lowest BCUT2D eigenvalue weighted by molar-refractivity contribution is 0.101. The molecular weight excluding hydrogens is 302 g/mol. The maximum Gasteiger partial charge on any atom is 0.295 e. The van der Waals surface area contributed by atoms with Crippen molar-refractivity contribution in [2.45, 2.75) is 40.0 Å². The maximum absolute atomic E-state index is 12.4. The summed E-state index contributed by atoms with van der Waals surface area (Å²) in [5.41, 5.74) is 3.75. The molecule has 1 aromatic carbocycles. The molecule has 0 fully saturated rings. The molecule has 1 N–H and O–H groups in total. The van der Waals surface area contributed by atoms with Crippen LogP contribution >= 0.6 is 0 Å². The highest BCUT2D eigenvalue weighted by atomic mass is 16.2. The number of nitrogens with zero attached hydrogens (tertiary/aromatic N) is 4. The van der Waals surface area contributed by atoms with Crippen LogP contribution in [0.2, 0.25) is 0 Å². The minimum Gasteiger partial charge on any atom is -0.319 e. The number of anilines is 1. The highest BCUT2D eigenvalue weighted by Gasteiger charge is 2.15. The predicted octanol–water partition coefficient (Wildman–Crippen LogP) is 3.34. The van der Waals surface area contributed by atoms with Gasteiger partial charge < -0.3 is 5.32 Å². The molecular formula is C18H21N5O. The van der Waals surface area contributed by atoms with Gasteiger partial charge in [-0.3, -0.25) is 4.79 Å². The summed E-state index contributed by atoms with van der Waals surface area (Å²) in [7, 11) is 0. The monoisotopic (exact) mass is 323 g/mol. The van der Waals surface area contributed by atoms with Gasteiger partial charge >= 0.3 is 0 Å². The van der Waals surface area contributed by atoms with E-state index in [1.54, 1.807) is 4.52 Å². The van der Waals surface area contributed by atoms with Crippen LogP contribution in [0.5, 0.6) is 0 Å². The van der Waals surface area contributed by atoms with Gasteiger partial charge in [0.2, 0.25) is 5.82 Å². The van der Waals surface area contributed by atoms with Gasteiger partial charge in [0, 0.05) is 17.1 Å². The van der Waals surface area contributed by atoms with E-state index in [-0.39, 0.29) is 11.7 Å². The third-order valence-electron chi connectivity index (χ3n) is 3.85. The number of rotatable bonds is 5. The SMILES string of the molecule is CCCCc1ccc(NC(=O)c2nc3nc(C)cc(C)n3n2)cc1. The van der Waals surface area contributed by atoms with E-state index >= 15 is 0 Å². The Morgan fingerprint density at radius 3 is 2.62 bits per heavy atom. The third kappa shape index (κ3) is 3.42. The lowest BCUT2D eigenvalue weighted by atomic mass is 10.1. The van der Waals surface area contributed by atoms with E-state index in [1.165, 1.54) is 18.4 Å². The lowest BCUT2D eigenvalue weighted by Crippen LogP contribution is -2.14. The predicted molar refractivity (Wildman–Crippen MR) is 93.3 cm³/mol. The van der Waals surface area contributed by atoms with Crippen molar-refractivity contribution >= 4 is 17.4 Å². The Morgan fingerprint density at radius 1 is 1.17 bits per heavy atom. The number of fused-ring (bicyclic) bond motifs is 1. The van der Waals surface area contributed by atoms with E-state index in [9.17, 15) is 4.79 Å². The lowest BCUT2D eigenvalue weighted by Gasteiger charge is -2.04. The number of carbonyl (C=O) groups is 1. The molecule has 2 heterocycles. The van der Waals surface area contributed by atoms with Gasteiger partial charge in [-0.05, 0) is 50.5 Å². The zero-order valence-electron chi connectivity index (χ0n) is 14.2. The van der Waals surface area contributed by atoms with Gasteiger partial charge in [-0.25, -0.2) is 9.50 Å². The average Bonchev–Trinajstić information content (AvgIpc) is 2.98. The smallest absolute Gasteiger partial charge is 0.295 e. The van der Waals surface area contributed by atoms with E-state index in [1.807, 2.05) is 44.2 Å². The van der Waals surface area contributed by atoms with Crippen molar-refractivity contribution in [2.75, 3.05) is 5.32 Å². The Balaban J connectivity index is 1.76. The molecule has 24 heavy (non-hydrogen) atoms. The number of aryl methyl sites for hydroxylation is 3. The summed E-state index contributed by atoms with van der Waals surface area (Å²) in [6.07, 6.45) is 3.40. The molecule has 0 radical (unpaired) electrons. The van der Waals surface area contributed by atoms with Crippen molar-refractivity contribution in [3.05, 3.63) is 53.1 Å². The standard InChI is InChI=1S/C18H21N5O/c1-4-5-6-14-7-9-15(10-8-14)20-17(24)16-21-18-19-12(2)11-13(3)23(18)22-16/h7-11H,4-6H2,1-3H3,(H,20,24). The van der Waals surface area contributed by atoms with E-state index in [0.29, 0.717) is 5.78 Å². The maximum atomic E-state index is 12.4. The van der Waals surface area contributed by atoms with Gasteiger partial charge in [-0.1, -0.05) is 25.5 Å². The Kier molecular flexibility index (Phi) is 4.55. The van der Waals surface area contributed by atoms with Crippen molar-refractivity contribution in [2.24, 2.45) is 0 Å². The van der Waals surface area contributed by atoms with Crippen LogP contribution in [-0.2, 0) is 6.42 Å². The summed E-state index contributed by atoms with van der Waals surface area (Å²) in [4.78, 5) is 20.9. The molecule has 3 aromatic rings. The first kappa shape index (κ1) is 16.1. The Hall–Kier alpha value is -2.76. The quantitative estimate of drug-likeness (QED) is 0.781. The number of benzene rings is 1. The minimum atomic E-state index is -0.334. The molecule has 124 valence electrons. The second-order valence-corrected chi connectivity index (χ2v) is 5.94. The molecule has 0 unspecified atom stereocenters. The van der Waals surface area contributed by atoms with Crippen LogP contribution in [0.1, 0.15) is 47.3 Å². The van der Waals surface area contributed by atoms with E-state index in [4.69, 9.17) is 0 Å². The molecule has 0 saturated carbocycles. The summed E-state index contributed by atoms with van der Waals surface area (Å²) in [5, 5.41) is 7.07. The van der Waals surface area contributed by atoms with Crippen LogP contribution in [0.3, 0.4) is 0 Å². The summed E-state index contributed by atoms with van der Waals surface area (Å²) in [6.45, 7) is 5.98. The van der Waals surface area contributed by atoms with Crippen molar-refractivity contribution in [1.29, 1.82) is 0 Å². The molecule has 6 nitrogen and oxygen atoms in total. The summed E-state index contributed by atoms with van der Waals surface area (Å²) in [6, 6.07) is 9.80. The molecule has 0 aliphatic heterocycles. The number of carbonyl (C=O) groups excluding carboxylic acids is 1. The minimum absolute atomic E-state index is 0.117. The van der Waals surface area contributed by atoms with Crippen LogP contribution in [0.15, 0.2) is 30.3 Å². The van der Waals surface area contributed by atoms with Gasteiger partial charge in [-0.2, -0.15) is 4.98 Å². The van der Waals surface area contributed by atoms with Crippen LogP contribution < -0.4 is 5.32 Å². The number of nitrogens with one attached hydrogen (secondary N) is 1. The van der Waals surface area contributed by atoms with Crippen molar-refractivity contribution in [1.82, 2.24) is 19.6 Å². The second-order valence-electron chi connectivity index (χ2n) is 5.94. The van der Waals surface area contributed by atoms with Gasteiger partial charge in [0.15, 0.2) is 0 Å². The molecule has 3 rings (SSSR count). The zero-order chi connectivity index (χ0) is 17.1. The molecule has 0 saturated heterocycles. The summed E-state index contributed by atoms with van der Waals surface area (Å²) in [5.74, 6) is 0.220. The van der Waals surface area contributed by atoms with Crippen LogP contribution in [-0.4, -0.2) is 25.5 Å². The van der Waals surface area contributed by atoms with Crippen molar-refractivity contribution in [3.63, 3.8) is 0 Å². The topological polar surface area (TPSA) is 72.2 Å². The van der Waals surface area contributed by atoms with Crippen molar-refractivity contribution in [3.8, 4) is 0 Å². The molecule has 0 aliphatic rings. The molecule has 2 aromatic heterocycles. The zero-order valence-corrected chi connectivity index (χ0v) is 14.2. The molecule has 0 aliphatic carbocycles. The van der Waals surface area contributed by atoms with E-state index in [0.717, 1.165) is 23.5 Å². The fourth-order valence-corrected chi connectivity index (χ4v) is 2.59. The van der Waals surface area contributed by atoms with Crippen molar-refractivity contribution < 1.29 is 4.79 Å². The number of hydrogen-bond acceptors (Lipinski definition) is 4. The average molecular weight is 323 g/mol. The first-order chi connectivity index (χ1) is 11.6. The largest absolute Gasteiger partial charge is 0.319 e. The molecule has 6 heteroatoms. The van der Waals surface area contributed by atoms with Gasteiger partial charge in [-0.15, -0.1) is 5.10 Å². The Bertz CT molecular complexity index is 867. The third-order valence-corrected chi connectivity index (χ3v) is 3.85. The normalized spacial score (nSPS) is 11.0. The van der Waals surface area contributed by atoms with Gasteiger partial charge in [0.25, 0.3) is 11.7 Å². The number of hydrogen-bond donors (Lipinski definition) is 1. The first-order valence-corrected chi connectivity index (χ1v) is 8.18.